The van der Waals surface area contributed by atoms with Crippen molar-refractivity contribution < 1.29 is 13.3 Å². The fourth-order valence-corrected chi connectivity index (χ4v) is 2.08. The van der Waals surface area contributed by atoms with Crippen LogP contribution in [-0.4, -0.2) is 37.8 Å². The average molecular weight is 241 g/mol. The summed E-state index contributed by atoms with van der Waals surface area (Å²) in [5.74, 6) is 0. The lowest BCUT2D eigenvalue weighted by atomic mass is 10.2. The zero-order valence-electron chi connectivity index (χ0n) is 10.3. The van der Waals surface area contributed by atoms with Gasteiger partial charge in [-0.15, -0.1) is 0 Å². The largest absolute Gasteiger partial charge is 0.483 e. The van der Waals surface area contributed by atoms with Crippen LogP contribution in [0, 0.1) is 0 Å². The molecule has 0 heterocycles. The molecule has 0 N–H and O–H groups in total. The Hall–Kier alpha value is -0.883. The molecule has 0 aliphatic heterocycles. The summed E-state index contributed by atoms with van der Waals surface area (Å²) in [7, 11) is 5.35. The molecule has 90 valence electrons. The van der Waals surface area contributed by atoms with Crippen molar-refractivity contribution in [2.45, 2.75) is 6.61 Å². The Kier molecular flexibility index (Phi) is 5.48. The first-order valence-electron chi connectivity index (χ1n) is 5.11. The van der Waals surface area contributed by atoms with Crippen molar-refractivity contribution in [2.24, 2.45) is 0 Å². The molecule has 4 nitrogen and oxygen atoms in total. The van der Waals surface area contributed by atoms with E-state index in [9.17, 15) is 0 Å². The number of rotatable bonds is 6. The van der Waals surface area contributed by atoms with E-state index in [4.69, 9.17) is 13.3 Å². The summed E-state index contributed by atoms with van der Waals surface area (Å²) in [5.41, 5.74) is 2.30. The van der Waals surface area contributed by atoms with Gasteiger partial charge in [-0.3, -0.25) is 0 Å². The van der Waals surface area contributed by atoms with Gasteiger partial charge in [-0.2, -0.15) is 0 Å². The van der Waals surface area contributed by atoms with Crippen LogP contribution >= 0.6 is 0 Å². The highest BCUT2D eigenvalue weighted by Crippen LogP contribution is 2.13. The molecule has 0 aromatic heterocycles. The standard InChI is InChI=1S/C11H19NO3Si/c1-12(2)11-7-5-10(6-8-11)9-15-16(13-3)14-4/h5-8,16H,9H2,1-4H3. The number of hydrogen-bond donors (Lipinski definition) is 0. The van der Waals surface area contributed by atoms with Crippen LogP contribution in [0.5, 0.6) is 0 Å². The molecule has 0 saturated carbocycles. The molecule has 0 spiro atoms. The second-order valence-electron chi connectivity index (χ2n) is 3.63. The summed E-state index contributed by atoms with van der Waals surface area (Å²) in [4.78, 5) is 2.06. The van der Waals surface area contributed by atoms with Crippen LogP contribution in [0.3, 0.4) is 0 Å². The molecule has 1 aromatic rings. The summed E-state index contributed by atoms with van der Waals surface area (Å²) in [6, 6.07) is 8.22. The van der Waals surface area contributed by atoms with Gasteiger partial charge in [-0.05, 0) is 17.7 Å². The number of benzene rings is 1. The van der Waals surface area contributed by atoms with E-state index in [-0.39, 0.29) is 0 Å². The second-order valence-corrected chi connectivity index (χ2v) is 5.49. The maximum absolute atomic E-state index is 5.51. The van der Waals surface area contributed by atoms with Gasteiger partial charge in [0.15, 0.2) is 0 Å². The highest BCUT2D eigenvalue weighted by atomic mass is 28.3. The predicted molar refractivity (Wildman–Crippen MR) is 66.7 cm³/mol. The van der Waals surface area contributed by atoms with Gasteiger partial charge in [0.05, 0.1) is 6.61 Å². The van der Waals surface area contributed by atoms with Crippen molar-refractivity contribution in [3.8, 4) is 0 Å². The van der Waals surface area contributed by atoms with E-state index in [0.717, 1.165) is 5.56 Å². The Labute approximate surface area is 98.7 Å². The molecule has 0 radical (unpaired) electrons. The minimum absolute atomic E-state index is 0.534. The van der Waals surface area contributed by atoms with Crippen molar-refractivity contribution in [3.63, 3.8) is 0 Å². The van der Waals surface area contributed by atoms with Gasteiger partial charge < -0.3 is 18.2 Å². The lowest BCUT2D eigenvalue weighted by Gasteiger charge is -2.14. The molecule has 0 fully saturated rings. The minimum atomic E-state index is -1.90. The lowest BCUT2D eigenvalue weighted by Crippen LogP contribution is -2.23. The fourth-order valence-electron chi connectivity index (χ4n) is 1.29. The van der Waals surface area contributed by atoms with Gasteiger partial charge in [-0.25, -0.2) is 0 Å². The third-order valence-electron chi connectivity index (χ3n) is 2.22. The molecule has 0 bridgehead atoms. The van der Waals surface area contributed by atoms with Crippen molar-refractivity contribution in [1.29, 1.82) is 0 Å². The van der Waals surface area contributed by atoms with E-state index < -0.39 is 9.53 Å². The molecular weight excluding hydrogens is 222 g/mol. The maximum Gasteiger partial charge on any atom is 0.483 e. The molecule has 0 unspecified atom stereocenters. The Balaban J connectivity index is 2.49. The van der Waals surface area contributed by atoms with Gasteiger partial charge in [0, 0.05) is 34.0 Å². The van der Waals surface area contributed by atoms with Crippen LogP contribution in [0.2, 0.25) is 0 Å². The molecule has 16 heavy (non-hydrogen) atoms. The Morgan fingerprint density at radius 1 is 1.06 bits per heavy atom. The van der Waals surface area contributed by atoms with Gasteiger partial charge in [0.25, 0.3) is 0 Å². The van der Waals surface area contributed by atoms with Gasteiger partial charge >= 0.3 is 9.53 Å². The Morgan fingerprint density at radius 3 is 2.06 bits per heavy atom. The third kappa shape index (κ3) is 3.94. The SMILES string of the molecule is CO[SiH](OC)OCc1ccc(N(C)C)cc1. The quantitative estimate of drug-likeness (QED) is 0.702. The van der Waals surface area contributed by atoms with Crippen molar-refractivity contribution in [1.82, 2.24) is 0 Å². The lowest BCUT2D eigenvalue weighted by molar-refractivity contribution is 0.128. The summed E-state index contributed by atoms with van der Waals surface area (Å²) in [5, 5.41) is 0. The van der Waals surface area contributed by atoms with E-state index >= 15 is 0 Å². The molecule has 1 rings (SSSR count). The van der Waals surface area contributed by atoms with Crippen molar-refractivity contribution >= 4 is 15.2 Å². The smallest absolute Gasteiger partial charge is 0.379 e. The van der Waals surface area contributed by atoms with E-state index in [0.29, 0.717) is 6.61 Å². The molecule has 0 saturated heterocycles. The minimum Gasteiger partial charge on any atom is -0.379 e. The number of hydrogen-bond acceptors (Lipinski definition) is 4. The molecular formula is C11H19NO3Si. The molecule has 1 aromatic carbocycles. The second kappa shape index (κ2) is 6.65. The average Bonchev–Trinajstić information content (AvgIpc) is 2.31. The summed E-state index contributed by atoms with van der Waals surface area (Å²) < 4.78 is 15.6. The van der Waals surface area contributed by atoms with Crippen LogP contribution in [0.1, 0.15) is 5.56 Å². The van der Waals surface area contributed by atoms with Crippen molar-refractivity contribution in [2.75, 3.05) is 33.2 Å². The third-order valence-corrected chi connectivity index (χ3v) is 3.43. The van der Waals surface area contributed by atoms with Crippen LogP contribution in [0.4, 0.5) is 5.69 Å². The predicted octanol–water partition coefficient (Wildman–Crippen LogP) is 1.28. The van der Waals surface area contributed by atoms with Gasteiger partial charge in [0.2, 0.25) is 0 Å². The van der Waals surface area contributed by atoms with Crippen LogP contribution in [0.15, 0.2) is 24.3 Å². The molecule has 0 atom stereocenters. The number of anilines is 1. The topological polar surface area (TPSA) is 30.9 Å². The Bertz CT molecular complexity index is 299. The Morgan fingerprint density at radius 2 is 1.62 bits per heavy atom. The first-order valence-corrected chi connectivity index (χ1v) is 6.52. The zero-order valence-corrected chi connectivity index (χ0v) is 11.4. The molecule has 0 aliphatic carbocycles. The zero-order chi connectivity index (χ0) is 12.0. The number of nitrogens with zero attached hydrogens (tertiary/aromatic N) is 1. The van der Waals surface area contributed by atoms with E-state index in [1.807, 2.05) is 26.2 Å². The molecule has 5 heteroatoms. The van der Waals surface area contributed by atoms with Gasteiger partial charge in [0.1, 0.15) is 0 Å². The van der Waals surface area contributed by atoms with Crippen LogP contribution in [-0.2, 0) is 19.9 Å². The van der Waals surface area contributed by atoms with Crippen LogP contribution in [0.25, 0.3) is 0 Å². The van der Waals surface area contributed by atoms with Crippen molar-refractivity contribution in [3.05, 3.63) is 29.8 Å². The summed E-state index contributed by atoms with van der Waals surface area (Å²) in [6.45, 7) is 0.534. The van der Waals surface area contributed by atoms with E-state index in [2.05, 4.69) is 17.0 Å². The van der Waals surface area contributed by atoms with E-state index in [1.54, 1.807) is 14.2 Å². The fraction of sp³-hybridized carbons (Fsp3) is 0.455. The van der Waals surface area contributed by atoms with Crippen LogP contribution < -0.4 is 4.90 Å². The normalized spacial score (nSPS) is 10.8. The first-order chi connectivity index (χ1) is 7.67. The molecule has 0 aliphatic rings. The van der Waals surface area contributed by atoms with E-state index in [1.165, 1.54) is 5.69 Å². The monoisotopic (exact) mass is 241 g/mol. The highest BCUT2D eigenvalue weighted by molar-refractivity contribution is 6.36. The maximum atomic E-state index is 5.51. The summed E-state index contributed by atoms with van der Waals surface area (Å²) >= 11 is 0. The summed E-state index contributed by atoms with van der Waals surface area (Å²) in [6.07, 6.45) is 0. The first kappa shape index (κ1) is 13.2. The molecule has 0 amide bonds. The van der Waals surface area contributed by atoms with Gasteiger partial charge in [-0.1, -0.05) is 12.1 Å². The highest BCUT2D eigenvalue weighted by Gasteiger charge is 2.10.